The van der Waals surface area contributed by atoms with E-state index in [4.69, 9.17) is 18.9 Å². The smallest absolute Gasteiger partial charge is 0.343 e. The van der Waals surface area contributed by atoms with Gasteiger partial charge in [0.2, 0.25) is 0 Å². The van der Waals surface area contributed by atoms with Gasteiger partial charge in [0, 0.05) is 11.8 Å². The second-order valence-corrected chi connectivity index (χ2v) is 17.9. The average molecular weight is 934 g/mol. The fourth-order valence-electron chi connectivity index (χ4n) is 7.72. The molecular weight excluding hydrogens is 859 g/mol. The van der Waals surface area contributed by atoms with E-state index in [0.29, 0.717) is 35.8 Å². The van der Waals surface area contributed by atoms with E-state index >= 15 is 0 Å². The molecule has 0 heterocycles. The highest BCUT2D eigenvalue weighted by atomic mass is 16.5. The zero-order valence-corrected chi connectivity index (χ0v) is 41.4. The predicted molar refractivity (Wildman–Crippen MR) is 282 cm³/mol. The van der Waals surface area contributed by atoms with Crippen molar-refractivity contribution in [2.24, 2.45) is 15.2 Å². The zero-order chi connectivity index (χ0) is 48.6. The number of esters is 2. The molecule has 5 rings (SSSR count). The zero-order valence-electron chi connectivity index (χ0n) is 41.4. The Kier molecular flexibility index (Phi) is 25.2. The molecule has 0 radical (unpaired) electrons. The van der Waals surface area contributed by atoms with Gasteiger partial charge in [-0.1, -0.05) is 159 Å². The number of carbonyl (C=O) groups excluding carboxylic acids is 2. The Balaban J connectivity index is 0.934. The van der Waals surface area contributed by atoms with Gasteiger partial charge in [0.15, 0.2) is 0 Å². The number of benzene rings is 5. The number of rotatable bonds is 34. The molecule has 0 aliphatic heterocycles. The maximum atomic E-state index is 13.1. The summed E-state index contributed by atoms with van der Waals surface area (Å²) in [4.78, 5) is 29.1. The lowest BCUT2D eigenvalue weighted by Gasteiger charge is -2.09. The van der Waals surface area contributed by atoms with Crippen molar-refractivity contribution in [2.45, 2.75) is 142 Å². The predicted octanol–water partition coefficient (Wildman–Crippen LogP) is 17.4. The third-order valence-corrected chi connectivity index (χ3v) is 11.9. The molecular formula is C60H75N3O6. The molecule has 0 spiro atoms. The number of ether oxygens (including phenoxy) is 4. The summed E-state index contributed by atoms with van der Waals surface area (Å²) in [5.41, 5.74) is 6.02. The van der Waals surface area contributed by atoms with Gasteiger partial charge in [0.25, 0.3) is 0 Å². The lowest BCUT2D eigenvalue weighted by Crippen LogP contribution is -2.08. The van der Waals surface area contributed by atoms with Crippen LogP contribution in [0.1, 0.15) is 158 Å². The molecule has 5 aromatic carbocycles. The Morgan fingerprint density at radius 2 is 0.928 bits per heavy atom. The van der Waals surface area contributed by atoms with Crippen molar-refractivity contribution >= 4 is 35.2 Å². The minimum atomic E-state index is -0.424. The van der Waals surface area contributed by atoms with Gasteiger partial charge in [-0.2, -0.15) is 10.2 Å². The van der Waals surface area contributed by atoms with Crippen molar-refractivity contribution in [2.75, 3.05) is 19.8 Å². The van der Waals surface area contributed by atoms with Crippen LogP contribution in [0.25, 0.3) is 11.1 Å². The molecule has 366 valence electrons. The van der Waals surface area contributed by atoms with Gasteiger partial charge in [-0.05, 0) is 128 Å². The molecule has 9 heteroatoms. The Labute approximate surface area is 412 Å². The summed E-state index contributed by atoms with van der Waals surface area (Å²) in [6.07, 6.45) is 26.5. The maximum absolute atomic E-state index is 13.1. The molecule has 0 aliphatic rings. The largest absolute Gasteiger partial charge is 0.494 e. The van der Waals surface area contributed by atoms with Crippen LogP contribution >= 0.6 is 0 Å². The van der Waals surface area contributed by atoms with Gasteiger partial charge in [0.1, 0.15) is 17.2 Å². The minimum absolute atomic E-state index is 0.290. The van der Waals surface area contributed by atoms with E-state index in [0.717, 1.165) is 71.9 Å². The van der Waals surface area contributed by atoms with Gasteiger partial charge in [0.05, 0.1) is 42.4 Å². The normalized spacial score (nSPS) is 11.3. The Hall–Kier alpha value is -6.35. The van der Waals surface area contributed by atoms with E-state index in [-0.39, 0.29) is 5.97 Å². The van der Waals surface area contributed by atoms with E-state index in [1.54, 1.807) is 37.4 Å². The molecule has 0 aromatic heterocycles. The van der Waals surface area contributed by atoms with Gasteiger partial charge in [-0.15, -0.1) is 0 Å². The first-order valence-corrected chi connectivity index (χ1v) is 25.6. The van der Waals surface area contributed by atoms with Crippen molar-refractivity contribution in [1.82, 2.24) is 0 Å². The molecule has 0 saturated carbocycles. The van der Waals surface area contributed by atoms with Crippen LogP contribution in [0.15, 0.2) is 149 Å². The van der Waals surface area contributed by atoms with Crippen LogP contribution < -0.4 is 14.2 Å². The number of unbranched alkanes of at least 4 members (excludes halogenated alkanes) is 18. The summed E-state index contributed by atoms with van der Waals surface area (Å²) < 4.78 is 22.8. The summed E-state index contributed by atoms with van der Waals surface area (Å²) in [6, 6.07) is 38.1. The van der Waals surface area contributed by atoms with E-state index in [1.807, 2.05) is 84.9 Å². The molecule has 0 atom stereocenters. The van der Waals surface area contributed by atoms with Gasteiger partial charge in [-0.3, -0.25) is 4.99 Å². The second-order valence-electron chi connectivity index (χ2n) is 17.9. The van der Waals surface area contributed by atoms with E-state index in [2.05, 4.69) is 40.9 Å². The van der Waals surface area contributed by atoms with Crippen molar-refractivity contribution in [1.29, 1.82) is 0 Å². The quantitative estimate of drug-likeness (QED) is 0.0102. The van der Waals surface area contributed by atoms with Crippen molar-refractivity contribution in [3.8, 4) is 28.4 Å². The first-order valence-electron chi connectivity index (χ1n) is 25.6. The van der Waals surface area contributed by atoms with E-state index in [9.17, 15) is 9.59 Å². The van der Waals surface area contributed by atoms with E-state index in [1.165, 1.54) is 103 Å². The van der Waals surface area contributed by atoms with Gasteiger partial charge in [-0.25, -0.2) is 9.59 Å². The summed E-state index contributed by atoms with van der Waals surface area (Å²) >= 11 is 0. The molecule has 0 bridgehead atoms. The molecule has 0 N–H and O–H groups in total. The Morgan fingerprint density at radius 1 is 0.493 bits per heavy atom. The highest BCUT2D eigenvalue weighted by molar-refractivity contribution is 5.92. The number of hydrogen-bond donors (Lipinski definition) is 0. The lowest BCUT2D eigenvalue weighted by molar-refractivity contribution is -0.139. The first-order chi connectivity index (χ1) is 33.9. The summed E-state index contributed by atoms with van der Waals surface area (Å²) in [5, 5.41) is 8.78. The molecule has 0 aliphatic carbocycles. The molecule has 0 saturated heterocycles. The van der Waals surface area contributed by atoms with Crippen LogP contribution in [0.2, 0.25) is 0 Å². The third kappa shape index (κ3) is 22.1. The summed E-state index contributed by atoms with van der Waals surface area (Å²) in [5.74, 6) is 1.44. The molecule has 0 amide bonds. The van der Waals surface area contributed by atoms with Crippen LogP contribution in [0, 0.1) is 0 Å². The number of hydrogen-bond acceptors (Lipinski definition) is 9. The maximum Gasteiger partial charge on any atom is 0.343 e. The summed E-state index contributed by atoms with van der Waals surface area (Å²) in [6.45, 7) is 9.47. The fourth-order valence-corrected chi connectivity index (χ4v) is 7.72. The fraction of sp³-hybridized carbons (Fsp3) is 0.417. The van der Waals surface area contributed by atoms with E-state index < -0.39 is 5.97 Å². The highest BCUT2D eigenvalue weighted by Gasteiger charge is 2.10. The monoisotopic (exact) mass is 934 g/mol. The van der Waals surface area contributed by atoms with Gasteiger partial charge < -0.3 is 18.9 Å². The van der Waals surface area contributed by atoms with Crippen LogP contribution in [-0.4, -0.2) is 38.0 Å². The van der Waals surface area contributed by atoms with Crippen LogP contribution in [-0.2, 0) is 9.53 Å². The van der Waals surface area contributed by atoms with Crippen LogP contribution in [0.5, 0.6) is 17.2 Å². The standard InChI is InChI=1S/C60H75N3O6/c1-4-5-6-7-8-9-12-15-18-21-43-66-56-39-31-51(32-40-56)50-27-29-52(30-28-50)60(65)69-58-26-24-25-49(46-58)47-61-53-33-35-54(36-34-53)62-63-55-37-41-57(42-38-55)67-44-22-19-16-13-10-11-14-17-20-23-45-68-59(64)48(2)3/h24-42,46-47H,2,4-23,43-45H2,1,3H3. The number of aliphatic imine (C=N–C) groups is 1. The minimum Gasteiger partial charge on any atom is -0.494 e. The average Bonchev–Trinajstić information content (AvgIpc) is 3.37. The van der Waals surface area contributed by atoms with Crippen molar-refractivity contribution in [3.05, 3.63) is 145 Å². The molecule has 0 unspecified atom stereocenters. The number of azo groups is 1. The molecule has 0 fully saturated rings. The van der Waals surface area contributed by atoms with Crippen LogP contribution in [0.3, 0.4) is 0 Å². The number of nitrogens with zero attached hydrogens (tertiary/aromatic N) is 3. The van der Waals surface area contributed by atoms with Gasteiger partial charge >= 0.3 is 11.9 Å². The topological polar surface area (TPSA) is 108 Å². The molecule has 5 aromatic rings. The SMILES string of the molecule is C=C(C)C(=O)OCCCCCCCCCCCCOc1ccc(N=Nc2ccc(N=Cc3cccc(OC(=O)c4ccc(-c5ccc(OCCCCCCCCCCCC)cc5)cc4)c3)cc2)cc1. The molecule has 69 heavy (non-hydrogen) atoms. The Bertz CT molecular complexity index is 2290. The number of carbonyl (C=O) groups is 2. The first kappa shape index (κ1) is 53.6. The second kappa shape index (κ2) is 32.4. The van der Waals surface area contributed by atoms with Crippen LogP contribution in [0.4, 0.5) is 17.1 Å². The third-order valence-electron chi connectivity index (χ3n) is 11.9. The lowest BCUT2D eigenvalue weighted by atomic mass is 10.0. The van der Waals surface area contributed by atoms with Crippen molar-refractivity contribution < 1.29 is 28.5 Å². The Morgan fingerprint density at radius 3 is 1.43 bits per heavy atom. The molecule has 9 nitrogen and oxygen atoms in total. The highest BCUT2D eigenvalue weighted by Crippen LogP contribution is 2.26. The summed E-state index contributed by atoms with van der Waals surface area (Å²) in [7, 11) is 0. The van der Waals surface area contributed by atoms with Crippen molar-refractivity contribution in [3.63, 3.8) is 0 Å².